The first-order valence-electron chi connectivity index (χ1n) is 15.8. The monoisotopic (exact) mass is 601 g/mol. The van der Waals surface area contributed by atoms with Gasteiger partial charge in [-0.1, -0.05) is 145 Å². The summed E-state index contributed by atoms with van der Waals surface area (Å²) in [7, 11) is 0. The fraction of sp³-hybridized carbons (Fsp3) is 0. The van der Waals surface area contributed by atoms with Crippen molar-refractivity contribution in [3.8, 4) is 39.1 Å². The lowest BCUT2D eigenvalue weighted by atomic mass is 9.91. The molecule has 9 aromatic rings. The molecule has 0 saturated heterocycles. The van der Waals surface area contributed by atoms with Gasteiger partial charge in [0.15, 0.2) is 0 Å². The SMILES string of the molecule is c1ccc(-n2c3c(-c4cccc(-c5ccc6c7c(cccc57)-c5ccccc5S6)c4)cccc3c3ccc4ccccc4c32)cc1. The average molecular weight is 602 g/mol. The summed E-state index contributed by atoms with van der Waals surface area (Å²) < 4.78 is 2.48. The molecule has 0 N–H and O–H groups in total. The van der Waals surface area contributed by atoms with E-state index in [2.05, 4.69) is 168 Å². The Morgan fingerprint density at radius 3 is 1.96 bits per heavy atom. The third-order valence-corrected chi connectivity index (χ3v) is 10.7. The summed E-state index contributed by atoms with van der Waals surface area (Å²) in [5.74, 6) is 0. The fourth-order valence-electron chi connectivity index (χ4n) is 7.58. The summed E-state index contributed by atoms with van der Waals surface area (Å²) in [6.45, 7) is 0. The molecule has 0 aliphatic carbocycles. The van der Waals surface area contributed by atoms with Crippen molar-refractivity contribution in [3.05, 3.63) is 164 Å². The molecule has 0 atom stereocenters. The molecule has 0 radical (unpaired) electrons. The Balaban J connectivity index is 1.23. The van der Waals surface area contributed by atoms with Crippen LogP contribution in [0.2, 0.25) is 0 Å². The van der Waals surface area contributed by atoms with E-state index in [4.69, 9.17) is 0 Å². The summed E-state index contributed by atoms with van der Waals surface area (Å²) in [5.41, 5.74) is 11.3. The van der Waals surface area contributed by atoms with Crippen LogP contribution < -0.4 is 0 Å². The van der Waals surface area contributed by atoms with Crippen LogP contribution in [0.1, 0.15) is 0 Å². The lowest BCUT2D eigenvalue weighted by Gasteiger charge is -2.21. The van der Waals surface area contributed by atoms with E-state index in [0.29, 0.717) is 0 Å². The van der Waals surface area contributed by atoms with Gasteiger partial charge in [-0.2, -0.15) is 0 Å². The minimum atomic E-state index is 1.17. The largest absolute Gasteiger partial charge is 0.308 e. The lowest BCUT2D eigenvalue weighted by molar-refractivity contribution is 1.19. The highest BCUT2D eigenvalue weighted by Gasteiger charge is 2.22. The van der Waals surface area contributed by atoms with E-state index >= 15 is 0 Å². The van der Waals surface area contributed by atoms with E-state index in [-0.39, 0.29) is 0 Å². The number of rotatable bonds is 3. The quantitative estimate of drug-likeness (QED) is 0.195. The van der Waals surface area contributed by atoms with E-state index in [0.717, 1.165) is 0 Å². The van der Waals surface area contributed by atoms with Gasteiger partial charge < -0.3 is 4.57 Å². The van der Waals surface area contributed by atoms with Gasteiger partial charge in [-0.15, -0.1) is 0 Å². The average Bonchev–Trinajstić information content (AvgIpc) is 3.47. The molecule has 0 fully saturated rings. The molecule has 10 rings (SSSR count). The Morgan fingerprint density at radius 1 is 0.370 bits per heavy atom. The van der Waals surface area contributed by atoms with Crippen LogP contribution in [-0.2, 0) is 0 Å². The number of para-hydroxylation sites is 2. The van der Waals surface area contributed by atoms with Crippen molar-refractivity contribution in [1.82, 2.24) is 4.57 Å². The first-order chi connectivity index (χ1) is 22.8. The van der Waals surface area contributed by atoms with Crippen molar-refractivity contribution >= 4 is 55.1 Å². The topological polar surface area (TPSA) is 4.93 Å². The van der Waals surface area contributed by atoms with Gasteiger partial charge >= 0.3 is 0 Å². The lowest BCUT2D eigenvalue weighted by Crippen LogP contribution is -1.96. The van der Waals surface area contributed by atoms with Crippen LogP contribution in [0.3, 0.4) is 0 Å². The standard InChI is InChI=1S/C44H27NS/c1-2-14-31(15-3-1)45-43-33-16-5-4-11-28(33)23-24-39(43)38-21-9-18-34(44(38)45)30-13-8-12-29(27-30)32-25-26-41-42-36(32)19-10-20-37(42)35-17-6-7-22-40(35)46-41/h1-27H. The summed E-state index contributed by atoms with van der Waals surface area (Å²) in [4.78, 5) is 2.65. The van der Waals surface area contributed by atoms with Crippen molar-refractivity contribution in [2.45, 2.75) is 9.79 Å². The molecule has 0 spiro atoms. The van der Waals surface area contributed by atoms with Gasteiger partial charge in [0.25, 0.3) is 0 Å². The zero-order valence-corrected chi connectivity index (χ0v) is 25.8. The highest BCUT2D eigenvalue weighted by Crippen LogP contribution is 2.50. The van der Waals surface area contributed by atoms with Crippen LogP contribution in [0.4, 0.5) is 0 Å². The normalized spacial score (nSPS) is 12.3. The van der Waals surface area contributed by atoms with E-state index in [1.54, 1.807) is 0 Å². The van der Waals surface area contributed by atoms with Crippen LogP contribution in [-0.4, -0.2) is 4.57 Å². The third-order valence-electron chi connectivity index (χ3n) is 9.57. The molecule has 1 nitrogen and oxygen atoms in total. The maximum atomic E-state index is 2.48. The first-order valence-corrected chi connectivity index (χ1v) is 16.6. The van der Waals surface area contributed by atoms with Gasteiger partial charge in [0.2, 0.25) is 0 Å². The van der Waals surface area contributed by atoms with Crippen LogP contribution in [0.25, 0.3) is 82.4 Å². The van der Waals surface area contributed by atoms with Gasteiger partial charge in [-0.3, -0.25) is 0 Å². The van der Waals surface area contributed by atoms with Gasteiger partial charge in [0.05, 0.1) is 11.0 Å². The zero-order valence-electron chi connectivity index (χ0n) is 24.9. The molecule has 8 aromatic carbocycles. The van der Waals surface area contributed by atoms with E-state index in [9.17, 15) is 0 Å². The van der Waals surface area contributed by atoms with Crippen molar-refractivity contribution < 1.29 is 0 Å². The van der Waals surface area contributed by atoms with Crippen molar-refractivity contribution in [1.29, 1.82) is 0 Å². The number of hydrogen-bond donors (Lipinski definition) is 0. The second kappa shape index (κ2) is 9.97. The fourth-order valence-corrected chi connectivity index (χ4v) is 8.71. The number of benzene rings is 8. The molecule has 0 amide bonds. The molecule has 214 valence electrons. The predicted octanol–water partition coefficient (Wildman–Crippen LogP) is 12.6. The number of nitrogens with zero attached hydrogens (tertiary/aromatic N) is 1. The maximum absolute atomic E-state index is 2.48. The van der Waals surface area contributed by atoms with Crippen molar-refractivity contribution in [2.24, 2.45) is 0 Å². The molecule has 0 bridgehead atoms. The molecule has 2 heteroatoms. The summed E-state index contributed by atoms with van der Waals surface area (Å²) in [6.07, 6.45) is 0. The van der Waals surface area contributed by atoms with Crippen molar-refractivity contribution in [3.63, 3.8) is 0 Å². The van der Waals surface area contributed by atoms with E-state index < -0.39 is 0 Å². The van der Waals surface area contributed by atoms with Crippen LogP contribution in [0, 0.1) is 0 Å². The van der Waals surface area contributed by atoms with Crippen LogP contribution >= 0.6 is 11.8 Å². The van der Waals surface area contributed by atoms with Crippen molar-refractivity contribution in [2.75, 3.05) is 0 Å². The molecule has 2 heterocycles. The zero-order chi connectivity index (χ0) is 30.2. The molecule has 1 aromatic heterocycles. The predicted molar refractivity (Wildman–Crippen MR) is 196 cm³/mol. The van der Waals surface area contributed by atoms with Gasteiger partial charge in [0, 0.05) is 42.6 Å². The molecule has 0 unspecified atom stereocenters. The highest BCUT2D eigenvalue weighted by molar-refractivity contribution is 7.99. The van der Waals surface area contributed by atoms with Crippen LogP contribution in [0.15, 0.2) is 174 Å². The second-order valence-corrected chi connectivity index (χ2v) is 13.2. The third kappa shape index (κ3) is 3.71. The summed E-state index contributed by atoms with van der Waals surface area (Å²) in [5, 5.41) is 7.72. The molecular formula is C44H27NS. The Morgan fingerprint density at radius 2 is 1.04 bits per heavy atom. The maximum Gasteiger partial charge on any atom is 0.0619 e. The Kier molecular flexibility index (Phi) is 5.58. The molecule has 1 aliphatic rings. The Bertz CT molecular complexity index is 2660. The number of hydrogen-bond acceptors (Lipinski definition) is 1. The van der Waals surface area contributed by atoms with E-state index in [1.165, 1.54) is 92.2 Å². The minimum Gasteiger partial charge on any atom is -0.308 e. The molecule has 1 aliphatic heterocycles. The minimum absolute atomic E-state index is 1.17. The Hall–Kier alpha value is -5.57. The molecule has 46 heavy (non-hydrogen) atoms. The number of aromatic nitrogens is 1. The molecular weight excluding hydrogens is 575 g/mol. The summed E-state index contributed by atoms with van der Waals surface area (Å²) >= 11 is 1.88. The first kappa shape index (κ1) is 25.7. The van der Waals surface area contributed by atoms with Gasteiger partial charge in [-0.25, -0.2) is 0 Å². The van der Waals surface area contributed by atoms with Gasteiger partial charge in [-0.05, 0) is 68.9 Å². The summed E-state index contributed by atoms with van der Waals surface area (Å²) in [6, 6.07) is 60.2. The molecule has 0 saturated carbocycles. The van der Waals surface area contributed by atoms with E-state index in [1.807, 2.05) is 11.8 Å². The Labute approximate surface area is 271 Å². The van der Waals surface area contributed by atoms with Crippen LogP contribution in [0.5, 0.6) is 0 Å². The second-order valence-electron chi connectivity index (χ2n) is 12.1. The van der Waals surface area contributed by atoms with Gasteiger partial charge in [0.1, 0.15) is 0 Å². The smallest absolute Gasteiger partial charge is 0.0619 e. The highest BCUT2D eigenvalue weighted by atomic mass is 32.2. The number of fused-ring (bicyclic) bond motifs is 7.